The van der Waals surface area contributed by atoms with Gasteiger partial charge in [-0.1, -0.05) is 86.3 Å². The van der Waals surface area contributed by atoms with Crippen LogP contribution in [0.3, 0.4) is 0 Å². The Morgan fingerprint density at radius 1 is 0.379 bits per heavy atom. The van der Waals surface area contributed by atoms with E-state index in [1.165, 1.54) is 75.6 Å². The van der Waals surface area contributed by atoms with Crippen LogP contribution in [-0.4, -0.2) is 26.2 Å². The molecule has 0 spiro atoms. The van der Waals surface area contributed by atoms with E-state index in [0.717, 1.165) is 26.2 Å². The van der Waals surface area contributed by atoms with Crippen LogP contribution in [0.4, 0.5) is 0 Å². The van der Waals surface area contributed by atoms with Crippen LogP contribution in [0.15, 0.2) is 60.7 Å². The zero-order valence-electron chi connectivity index (χ0n) is 18.2. The van der Waals surface area contributed by atoms with Crippen LogP contribution in [-0.2, 0) is 13.1 Å². The van der Waals surface area contributed by atoms with Crippen molar-refractivity contribution in [3.05, 3.63) is 71.8 Å². The first-order valence-electron chi connectivity index (χ1n) is 11.6. The van der Waals surface area contributed by atoms with E-state index < -0.39 is 0 Å². The maximum absolute atomic E-state index is 3.60. The molecule has 0 unspecified atom stereocenters. The highest BCUT2D eigenvalue weighted by Gasteiger charge is 1.95. The Labute approximate surface area is 178 Å². The van der Waals surface area contributed by atoms with Crippen LogP contribution in [0, 0.1) is 0 Å². The number of hydrogen-bond donors (Lipinski definition) is 3. The lowest BCUT2D eigenvalue weighted by molar-refractivity contribution is 0.538. The molecule has 0 aromatic heterocycles. The van der Waals surface area contributed by atoms with Gasteiger partial charge in [-0.25, -0.2) is 0 Å². The molecule has 3 nitrogen and oxygen atoms in total. The van der Waals surface area contributed by atoms with Crippen LogP contribution in [0.25, 0.3) is 0 Å². The molecule has 2 rings (SSSR count). The van der Waals surface area contributed by atoms with E-state index in [1.54, 1.807) is 0 Å². The van der Waals surface area contributed by atoms with Gasteiger partial charge in [-0.15, -0.1) is 0 Å². The van der Waals surface area contributed by atoms with E-state index in [9.17, 15) is 0 Å². The smallest absolute Gasteiger partial charge is 0.0205 e. The van der Waals surface area contributed by atoms with Gasteiger partial charge in [-0.3, -0.25) is 0 Å². The minimum atomic E-state index is 0.992. The van der Waals surface area contributed by atoms with Crippen LogP contribution in [0.5, 0.6) is 0 Å². The molecular formula is C26H41N3. The summed E-state index contributed by atoms with van der Waals surface area (Å²) in [4.78, 5) is 0. The molecule has 160 valence electrons. The van der Waals surface area contributed by atoms with Crippen LogP contribution in [0.2, 0.25) is 0 Å². The molecule has 2 aromatic rings. The summed E-state index contributed by atoms with van der Waals surface area (Å²) in [5.41, 5.74) is 2.75. The molecule has 29 heavy (non-hydrogen) atoms. The molecule has 0 bridgehead atoms. The Morgan fingerprint density at radius 2 is 0.724 bits per heavy atom. The van der Waals surface area contributed by atoms with Crippen molar-refractivity contribution < 1.29 is 0 Å². The van der Waals surface area contributed by atoms with Gasteiger partial charge in [0, 0.05) is 13.1 Å². The maximum Gasteiger partial charge on any atom is 0.0205 e. The standard InChI is InChI=1S/C26H41N3/c1(3-13-21-28-23-25-15-7-5-8-16-25)11-19-27-20-12-2-4-14-22-29-24-26-17-9-6-10-18-26/h5-10,15-18,27-29H,1-4,11-14,19-24H2. The SMILES string of the molecule is c1ccc(CNCCCCCCNCCCCCCNCc2ccccc2)cc1. The summed E-state index contributed by atoms with van der Waals surface area (Å²) >= 11 is 0. The van der Waals surface area contributed by atoms with Crippen LogP contribution >= 0.6 is 0 Å². The third-order valence-corrected chi connectivity index (χ3v) is 5.26. The minimum absolute atomic E-state index is 0.992. The lowest BCUT2D eigenvalue weighted by Gasteiger charge is -2.07. The Bertz CT molecular complexity index is 532. The van der Waals surface area contributed by atoms with E-state index in [2.05, 4.69) is 76.6 Å². The normalized spacial score (nSPS) is 11.0. The topological polar surface area (TPSA) is 36.1 Å². The molecule has 3 N–H and O–H groups in total. The fourth-order valence-corrected chi connectivity index (χ4v) is 3.49. The van der Waals surface area contributed by atoms with Gasteiger partial charge in [0.2, 0.25) is 0 Å². The zero-order valence-corrected chi connectivity index (χ0v) is 18.2. The van der Waals surface area contributed by atoms with Crippen molar-refractivity contribution in [2.75, 3.05) is 26.2 Å². The average molecular weight is 396 g/mol. The summed E-state index contributed by atoms with van der Waals surface area (Å²) in [5, 5.41) is 10.7. The molecule has 2 aromatic carbocycles. The highest BCUT2D eigenvalue weighted by atomic mass is 14.9. The van der Waals surface area contributed by atoms with Crippen molar-refractivity contribution in [3.63, 3.8) is 0 Å². The number of hydrogen-bond acceptors (Lipinski definition) is 3. The molecule has 0 fully saturated rings. The van der Waals surface area contributed by atoms with Crippen molar-refractivity contribution in [2.45, 2.75) is 64.5 Å². The van der Waals surface area contributed by atoms with Crippen LogP contribution in [0.1, 0.15) is 62.5 Å². The molecule has 0 heterocycles. The Hall–Kier alpha value is -1.68. The summed E-state index contributed by atoms with van der Waals surface area (Å²) in [7, 11) is 0. The fourth-order valence-electron chi connectivity index (χ4n) is 3.49. The molecule has 0 aliphatic heterocycles. The molecule has 0 saturated heterocycles. The zero-order chi connectivity index (χ0) is 20.2. The second-order valence-electron chi connectivity index (χ2n) is 7.90. The Morgan fingerprint density at radius 3 is 1.10 bits per heavy atom. The number of benzene rings is 2. The lowest BCUT2D eigenvalue weighted by Crippen LogP contribution is -2.17. The van der Waals surface area contributed by atoms with Gasteiger partial charge >= 0.3 is 0 Å². The first-order chi connectivity index (χ1) is 14.4. The van der Waals surface area contributed by atoms with E-state index in [0.29, 0.717) is 0 Å². The molecule has 3 heteroatoms. The van der Waals surface area contributed by atoms with Gasteiger partial charge in [0.25, 0.3) is 0 Å². The first kappa shape index (κ1) is 23.6. The predicted molar refractivity (Wildman–Crippen MR) is 126 cm³/mol. The van der Waals surface area contributed by atoms with Crippen LogP contribution < -0.4 is 16.0 Å². The first-order valence-corrected chi connectivity index (χ1v) is 11.6. The van der Waals surface area contributed by atoms with Crippen molar-refractivity contribution in [2.24, 2.45) is 0 Å². The van der Waals surface area contributed by atoms with Gasteiger partial charge in [-0.2, -0.15) is 0 Å². The average Bonchev–Trinajstić information content (AvgIpc) is 2.77. The van der Waals surface area contributed by atoms with E-state index >= 15 is 0 Å². The third-order valence-electron chi connectivity index (χ3n) is 5.26. The van der Waals surface area contributed by atoms with Gasteiger partial charge in [0.05, 0.1) is 0 Å². The monoisotopic (exact) mass is 395 g/mol. The highest BCUT2D eigenvalue weighted by Crippen LogP contribution is 2.02. The summed E-state index contributed by atoms with van der Waals surface area (Å²) < 4.78 is 0. The van der Waals surface area contributed by atoms with Crippen molar-refractivity contribution in [1.82, 2.24) is 16.0 Å². The summed E-state index contributed by atoms with van der Waals surface area (Å²) in [6.45, 7) is 6.59. The fraction of sp³-hybridized carbons (Fsp3) is 0.538. The van der Waals surface area contributed by atoms with E-state index in [-0.39, 0.29) is 0 Å². The highest BCUT2D eigenvalue weighted by molar-refractivity contribution is 5.14. The lowest BCUT2D eigenvalue weighted by atomic mass is 10.1. The van der Waals surface area contributed by atoms with Crippen molar-refractivity contribution >= 4 is 0 Å². The van der Waals surface area contributed by atoms with Gasteiger partial charge in [-0.05, 0) is 63.0 Å². The molecular weight excluding hydrogens is 354 g/mol. The second kappa shape index (κ2) is 17.2. The molecule has 0 atom stereocenters. The van der Waals surface area contributed by atoms with E-state index in [4.69, 9.17) is 0 Å². The summed E-state index contributed by atoms with van der Waals surface area (Å²) in [6, 6.07) is 21.3. The van der Waals surface area contributed by atoms with Crippen molar-refractivity contribution in [1.29, 1.82) is 0 Å². The maximum atomic E-state index is 3.60. The van der Waals surface area contributed by atoms with Gasteiger partial charge in [0.15, 0.2) is 0 Å². The molecule has 0 aliphatic carbocycles. The summed E-state index contributed by atoms with van der Waals surface area (Å²) in [5.74, 6) is 0. The molecule has 0 amide bonds. The predicted octanol–water partition coefficient (Wildman–Crippen LogP) is 5.28. The number of nitrogens with one attached hydrogen (secondary N) is 3. The van der Waals surface area contributed by atoms with Gasteiger partial charge in [0.1, 0.15) is 0 Å². The third kappa shape index (κ3) is 13.2. The molecule has 0 radical (unpaired) electrons. The van der Waals surface area contributed by atoms with Crippen molar-refractivity contribution in [3.8, 4) is 0 Å². The Balaban J connectivity index is 1.24. The van der Waals surface area contributed by atoms with E-state index in [1.807, 2.05) is 0 Å². The molecule has 0 aliphatic rings. The van der Waals surface area contributed by atoms with Gasteiger partial charge < -0.3 is 16.0 Å². The molecule has 0 saturated carbocycles. The number of rotatable bonds is 18. The second-order valence-corrected chi connectivity index (χ2v) is 7.90. The largest absolute Gasteiger partial charge is 0.317 e. The quantitative estimate of drug-likeness (QED) is 0.301. The minimum Gasteiger partial charge on any atom is -0.317 e. The summed E-state index contributed by atoms with van der Waals surface area (Å²) in [6.07, 6.45) is 10.5. The number of unbranched alkanes of at least 4 members (excludes halogenated alkanes) is 6. The Kier molecular flexibility index (Phi) is 14.0.